The molecule has 0 unspecified atom stereocenters. The number of anilines is 1. The topological polar surface area (TPSA) is 65.1 Å². The van der Waals surface area contributed by atoms with Crippen LogP contribution in [0.2, 0.25) is 0 Å². The SMILES string of the molecule is CCN(c1ccccc1)S(=O)(=O)c1ccc(OCc2ccc3c(c2)OCO3)cc1. The minimum atomic E-state index is -3.65. The van der Waals surface area contributed by atoms with Gasteiger partial charge in [-0.3, -0.25) is 4.31 Å². The molecule has 0 atom stereocenters. The molecule has 3 aromatic rings. The van der Waals surface area contributed by atoms with Gasteiger partial charge in [0, 0.05) is 6.54 Å². The maximum Gasteiger partial charge on any atom is 0.264 e. The average molecular weight is 411 g/mol. The molecular weight excluding hydrogens is 390 g/mol. The number of sulfonamides is 1. The van der Waals surface area contributed by atoms with Crippen molar-refractivity contribution < 1.29 is 22.6 Å². The van der Waals surface area contributed by atoms with E-state index >= 15 is 0 Å². The third kappa shape index (κ3) is 4.00. The molecule has 3 aromatic carbocycles. The number of fused-ring (bicyclic) bond motifs is 1. The monoisotopic (exact) mass is 411 g/mol. The Labute approximate surface area is 170 Å². The lowest BCUT2D eigenvalue weighted by Gasteiger charge is -2.23. The van der Waals surface area contributed by atoms with Gasteiger partial charge in [0.05, 0.1) is 10.6 Å². The summed E-state index contributed by atoms with van der Waals surface area (Å²) < 4.78 is 43.9. The normalized spacial score (nSPS) is 12.6. The third-order valence-electron chi connectivity index (χ3n) is 4.59. The van der Waals surface area contributed by atoms with Crippen molar-refractivity contribution in [3.8, 4) is 17.2 Å². The summed E-state index contributed by atoms with van der Waals surface area (Å²) in [6, 6.07) is 21.2. The average Bonchev–Trinajstić information content (AvgIpc) is 3.21. The van der Waals surface area contributed by atoms with Gasteiger partial charge in [-0.15, -0.1) is 0 Å². The van der Waals surface area contributed by atoms with E-state index in [9.17, 15) is 8.42 Å². The van der Waals surface area contributed by atoms with Gasteiger partial charge in [0.2, 0.25) is 6.79 Å². The zero-order valence-electron chi connectivity index (χ0n) is 15.9. The highest BCUT2D eigenvalue weighted by Crippen LogP contribution is 2.33. The molecule has 0 N–H and O–H groups in total. The summed E-state index contributed by atoms with van der Waals surface area (Å²) in [5.74, 6) is 2.01. The Bertz CT molecular complexity index is 1080. The van der Waals surface area contributed by atoms with Crippen LogP contribution in [0.15, 0.2) is 77.7 Å². The fourth-order valence-corrected chi connectivity index (χ4v) is 4.59. The zero-order chi connectivity index (χ0) is 20.3. The van der Waals surface area contributed by atoms with Gasteiger partial charge >= 0.3 is 0 Å². The lowest BCUT2D eigenvalue weighted by molar-refractivity contribution is 0.174. The molecule has 29 heavy (non-hydrogen) atoms. The highest BCUT2D eigenvalue weighted by molar-refractivity contribution is 7.92. The smallest absolute Gasteiger partial charge is 0.264 e. The third-order valence-corrected chi connectivity index (χ3v) is 6.50. The number of rotatable bonds is 7. The van der Waals surface area contributed by atoms with Crippen LogP contribution >= 0.6 is 0 Å². The van der Waals surface area contributed by atoms with Crippen molar-refractivity contribution in [2.45, 2.75) is 18.4 Å². The largest absolute Gasteiger partial charge is 0.489 e. The van der Waals surface area contributed by atoms with Gasteiger partial charge in [0.1, 0.15) is 12.4 Å². The Morgan fingerprint density at radius 1 is 0.931 bits per heavy atom. The van der Waals surface area contributed by atoms with E-state index < -0.39 is 10.0 Å². The Balaban J connectivity index is 1.47. The number of para-hydroxylation sites is 1. The van der Waals surface area contributed by atoms with E-state index in [1.54, 1.807) is 36.4 Å². The van der Waals surface area contributed by atoms with Crippen LogP contribution in [0.25, 0.3) is 0 Å². The van der Waals surface area contributed by atoms with E-state index in [1.165, 1.54) is 4.31 Å². The van der Waals surface area contributed by atoms with E-state index in [2.05, 4.69) is 0 Å². The standard InChI is InChI=1S/C22H21NO5S/c1-2-23(18-6-4-3-5-7-18)29(24,25)20-11-9-19(10-12-20)26-15-17-8-13-21-22(14-17)28-16-27-21/h3-14H,2,15-16H2,1H3. The van der Waals surface area contributed by atoms with Crippen molar-refractivity contribution in [1.82, 2.24) is 0 Å². The Hall–Kier alpha value is -3.19. The van der Waals surface area contributed by atoms with Crippen LogP contribution in [-0.4, -0.2) is 21.8 Å². The molecular formula is C22H21NO5S. The predicted molar refractivity (Wildman–Crippen MR) is 110 cm³/mol. The van der Waals surface area contributed by atoms with E-state index in [4.69, 9.17) is 14.2 Å². The number of hydrogen-bond acceptors (Lipinski definition) is 5. The summed E-state index contributed by atoms with van der Waals surface area (Å²) in [5.41, 5.74) is 1.57. The lowest BCUT2D eigenvalue weighted by atomic mass is 10.2. The van der Waals surface area contributed by atoms with E-state index in [-0.39, 0.29) is 11.7 Å². The summed E-state index contributed by atoms with van der Waals surface area (Å²) in [7, 11) is -3.65. The molecule has 1 aliphatic heterocycles. The number of hydrogen-bond donors (Lipinski definition) is 0. The predicted octanol–water partition coefficient (Wildman–Crippen LogP) is 4.21. The molecule has 150 valence electrons. The summed E-state index contributed by atoms with van der Waals surface area (Å²) in [6.07, 6.45) is 0. The summed E-state index contributed by atoms with van der Waals surface area (Å²) in [5, 5.41) is 0. The van der Waals surface area contributed by atoms with Gasteiger partial charge in [-0.05, 0) is 61.0 Å². The molecule has 7 heteroatoms. The Morgan fingerprint density at radius 2 is 1.66 bits per heavy atom. The van der Waals surface area contributed by atoms with Gasteiger partial charge in [-0.1, -0.05) is 24.3 Å². The molecule has 0 saturated heterocycles. The first kappa shape index (κ1) is 19.1. The van der Waals surface area contributed by atoms with Gasteiger partial charge < -0.3 is 14.2 Å². The van der Waals surface area contributed by atoms with Crippen LogP contribution in [0, 0.1) is 0 Å². The van der Waals surface area contributed by atoms with Crippen LogP contribution < -0.4 is 18.5 Å². The molecule has 0 saturated carbocycles. The molecule has 0 radical (unpaired) electrons. The molecule has 0 aromatic heterocycles. The molecule has 0 fully saturated rings. The van der Waals surface area contributed by atoms with Gasteiger partial charge in [0.25, 0.3) is 10.0 Å². The lowest BCUT2D eigenvalue weighted by Crippen LogP contribution is -2.30. The Kier molecular flexibility index (Phi) is 5.31. The molecule has 0 amide bonds. The van der Waals surface area contributed by atoms with Crippen LogP contribution in [0.3, 0.4) is 0 Å². The Morgan fingerprint density at radius 3 is 2.38 bits per heavy atom. The summed E-state index contributed by atoms with van der Waals surface area (Å²) in [4.78, 5) is 0.221. The highest BCUT2D eigenvalue weighted by Gasteiger charge is 2.23. The van der Waals surface area contributed by atoms with Gasteiger partial charge in [-0.25, -0.2) is 8.42 Å². The maximum absolute atomic E-state index is 13.0. The van der Waals surface area contributed by atoms with Crippen molar-refractivity contribution >= 4 is 15.7 Å². The second kappa shape index (κ2) is 8.05. The fraction of sp³-hybridized carbons (Fsp3) is 0.182. The van der Waals surface area contributed by atoms with Crippen LogP contribution in [0.4, 0.5) is 5.69 Å². The van der Waals surface area contributed by atoms with Crippen LogP contribution in [0.5, 0.6) is 17.2 Å². The molecule has 0 aliphatic carbocycles. The highest BCUT2D eigenvalue weighted by atomic mass is 32.2. The first-order valence-corrected chi connectivity index (χ1v) is 10.7. The van der Waals surface area contributed by atoms with Crippen LogP contribution in [0.1, 0.15) is 12.5 Å². The first-order valence-electron chi connectivity index (χ1n) is 9.27. The second-order valence-electron chi connectivity index (χ2n) is 6.45. The van der Waals surface area contributed by atoms with Gasteiger partial charge in [0.15, 0.2) is 11.5 Å². The van der Waals surface area contributed by atoms with E-state index in [1.807, 2.05) is 43.3 Å². The van der Waals surface area contributed by atoms with Gasteiger partial charge in [-0.2, -0.15) is 0 Å². The number of nitrogens with zero attached hydrogens (tertiary/aromatic N) is 1. The summed E-state index contributed by atoms with van der Waals surface area (Å²) >= 11 is 0. The molecule has 1 aliphatic rings. The second-order valence-corrected chi connectivity index (χ2v) is 8.32. The molecule has 0 bridgehead atoms. The molecule has 1 heterocycles. The van der Waals surface area contributed by atoms with E-state index in [0.29, 0.717) is 30.3 Å². The van der Waals surface area contributed by atoms with Crippen molar-refractivity contribution in [1.29, 1.82) is 0 Å². The van der Waals surface area contributed by atoms with Crippen molar-refractivity contribution in [3.05, 3.63) is 78.4 Å². The molecule has 0 spiro atoms. The minimum absolute atomic E-state index is 0.221. The van der Waals surface area contributed by atoms with Crippen molar-refractivity contribution in [2.75, 3.05) is 17.6 Å². The van der Waals surface area contributed by atoms with Crippen molar-refractivity contribution in [2.24, 2.45) is 0 Å². The minimum Gasteiger partial charge on any atom is -0.489 e. The zero-order valence-corrected chi connectivity index (χ0v) is 16.8. The molecule has 4 rings (SSSR count). The summed E-state index contributed by atoms with van der Waals surface area (Å²) in [6.45, 7) is 2.73. The number of benzene rings is 3. The van der Waals surface area contributed by atoms with Crippen LogP contribution in [-0.2, 0) is 16.6 Å². The molecule has 6 nitrogen and oxygen atoms in total. The number of ether oxygens (including phenoxy) is 3. The van der Waals surface area contributed by atoms with E-state index in [0.717, 1.165) is 11.3 Å². The fourth-order valence-electron chi connectivity index (χ4n) is 3.12. The maximum atomic E-state index is 13.0. The van der Waals surface area contributed by atoms with Crippen molar-refractivity contribution in [3.63, 3.8) is 0 Å². The first-order chi connectivity index (χ1) is 14.1. The quantitative estimate of drug-likeness (QED) is 0.583.